The standard InChI is InChI=1S/C36H67N5O12/c1-8-26(43)32(48-20-19-42)51-31-24(40-27(44)14-12-18-39-33(46)52-35(2,3)4)21-25(41-34(47)53-36(5,6)7)30(29(31)45)50-28-15-11-13-23(49-28)22-38-17-10-9-16-37/h13,24-26,28-32,38,42-43,45H,8-12,14-22,37H2,1-7H3,(H,39,46)(H,40,44)(H,41,47)/t24-,25+,26-,28-,29+,30-,31+,32-/m1/s1. The van der Waals surface area contributed by atoms with Crippen molar-refractivity contribution in [3.05, 3.63) is 11.8 Å². The van der Waals surface area contributed by atoms with Crippen LogP contribution in [0.1, 0.15) is 99.8 Å². The maximum Gasteiger partial charge on any atom is 0.407 e. The van der Waals surface area contributed by atoms with Crippen LogP contribution in [0.25, 0.3) is 0 Å². The van der Waals surface area contributed by atoms with Crippen molar-refractivity contribution in [2.45, 2.75) is 160 Å². The van der Waals surface area contributed by atoms with E-state index in [9.17, 15) is 29.7 Å². The minimum absolute atomic E-state index is 0.00646. The number of alkyl carbamates (subject to hydrolysis) is 2. The number of amides is 3. The van der Waals surface area contributed by atoms with E-state index < -0.39 is 78.4 Å². The third-order valence-corrected chi connectivity index (χ3v) is 8.14. The number of aliphatic hydroxyl groups excluding tert-OH is 3. The molecule has 8 atom stereocenters. The van der Waals surface area contributed by atoms with E-state index in [0.717, 1.165) is 19.4 Å². The van der Waals surface area contributed by atoms with Crippen molar-refractivity contribution in [1.29, 1.82) is 0 Å². The lowest BCUT2D eigenvalue weighted by Gasteiger charge is -2.46. The molecule has 1 fully saturated rings. The fourth-order valence-electron chi connectivity index (χ4n) is 5.73. The average Bonchev–Trinajstić information content (AvgIpc) is 3.06. The van der Waals surface area contributed by atoms with Crippen molar-refractivity contribution in [2.75, 3.05) is 39.4 Å². The Bertz CT molecular complexity index is 1130. The summed E-state index contributed by atoms with van der Waals surface area (Å²) in [5.41, 5.74) is 4.10. The molecule has 1 saturated carbocycles. The van der Waals surface area contributed by atoms with Crippen LogP contribution in [0.15, 0.2) is 11.8 Å². The lowest BCUT2D eigenvalue weighted by Crippen LogP contribution is -2.67. The van der Waals surface area contributed by atoms with E-state index >= 15 is 0 Å². The second-order valence-corrected chi connectivity index (χ2v) is 15.3. The molecule has 17 nitrogen and oxygen atoms in total. The van der Waals surface area contributed by atoms with E-state index in [1.165, 1.54) is 0 Å². The fourth-order valence-corrected chi connectivity index (χ4v) is 5.73. The van der Waals surface area contributed by atoms with Crippen LogP contribution >= 0.6 is 0 Å². The van der Waals surface area contributed by atoms with E-state index in [-0.39, 0.29) is 45.4 Å². The highest BCUT2D eigenvalue weighted by atomic mass is 16.7. The number of allylic oxidation sites excluding steroid dienone is 1. The van der Waals surface area contributed by atoms with Crippen LogP contribution in [0.3, 0.4) is 0 Å². The van der Waals surface area contributed by atoms with Gasteiger partial charge in [-0.15, -0.1) is 0 Å². The normalized spacial score (nSPS) is 24.6. The highest BCUT2D eigenvalue weighted by Crippen LogP contribution is 2.31. The van der Waals surface area contributed by atoms with Crippen LogP contribution in [0, 0.1) is 0 Å². The molecular formula is C36H67N5O12. The number of nitrogens with two attached hydrogens (primary N) is 1. The van der Waals surface area contributed by atoms with Crippen LogP contribution in [0.4, 0.5) is 9.59 Å². The number of rotatable bonds is 21. The number of hydrogen-bond acceptors (Lipinski definition) is 14. The zero-order valence-electron chi connectivity index (χ0n) is 32.7. The van der Waals surface area contributed by atoms with E-state index in [4.69, 9.17) is 34.2 Å². The number of unbranched alkanes of at least 4 members (excludes halogenated alkanes) is 1. The average molecular weight is 762 g/mol. The summed E-state index contributed by atoms with van der Waals surface area (Å²) >= 11 is 0. The summed E-state index contributed by atoms with van der Waals surface area (Å²) in [5, 5.41) is 43.9. The van der Waals surface area contributed by atoms with Crippen LogP contribution in [-0.2, 0) is 33.2 Å². The van der Waals surface area contributed by atoms with Gasteiger partial charge < -0.3 is 70.7 Å². The third-order valence-electron chi connectivity index (χ3n) is 8.14. The van der Waals surface area contributed by atoms with Gasteiger partial charge in [0.2, 0.25) is 5.91 Å². The molecule has 1 aliphatic carbocycles. The van der Waals surface area contributed by atoms with Crippen molar-refractivity contribution in [3.8, 4) is 0 Å². The van der Waals surface area contributed by atoms with Gasteiger partial charge in [-0.1, -0.05) is 6.92 Å². The van der Waals surface area contributed by atoms with Crippen molar-refractivity contribution < 1.29 is 58.1 Å². The Hall–Kier alpha value is -2.77. The Labute approximate surface area is 314 Å². The quantitative estimate of drug-likeness (QED) is 0.0613. The second-order valence-electron chi connectivity index (χ2n) is 15.3. The first kappa shape index (κ1) is 46.4. The molecular weight excluding hydrogens is 694 g/mol. The molecule has 53 heavy (non-hydrogen) atoms. The monoisotopic (exact) mass is 761 g/mol. The van der Waals surface area contributed by atoms with Gasteiger partial charge in [0.05, 0.1) is 31.8 Å². The Morgan fingerprint density at radius 2 is 1.66 bits per heavy atom. The summed E-state index contributed by atoms with van der Waals surface area (Å²) in [6, 6.07) is -1.81. The lowest BCUT2D eigenvalue weighted by atomic mass is 9.83. The van der Waals surface area contributed by atoms with Gasteiger partial charge in [0.15, 0.2) is 12.6 Å². The van der Waals surface area contributed by atoms with Gasteiger partial charge in [0, 0.05) is 19.4 Å². The van der Waals surface area contributed by atoms with Crippen molar-refractivity contribution >= 4 is 18.1 Å². The molecule has 0 radical (unpaired) electrons. The minimum Gasteiger partial charge on any atom is -0.468 e. The predicted octanol–water partition coefficient (Wildman–Crippen LogP) is 1.66. The van der Waals surface area contributed by atoms with E-state index in [1.807, 2.05) is 6.08 Å². The largest absolute Gasteiger partial charge is 0.468 e. The summed E-state index contributed by atoms with van der Waals surface area (Å²) in [4.78, 5) is 38.4. The van der Waals surface area contributed by atoms with Crippen LogP contribution in [0.5, 0.6) is 0 Å². The number of ether oxygens (including phenoxy) is 6. The molecule has 0 aromatic carbocycles. The predicted molar refractivity (Wildman–Crippen MR) is 195 cm³/mol. The molecule has 0 spiro atoms. The number of carbonyl (C=O) groups is 3. The number of hydrogen-bond donors (Lipinski definition) is 8. The van der Waals surface area contributed by atoms with Gasteiger partial charge >= 0.3 is 12.2 Å². The van der Waals surface area contributed by atoms with Crippen molar-refractivity contribution in [3.63, 3.8) is 0 Å². The molecule has 2 rings (SSSR count). The topological polar surface area (TPSA) is 241 Å². The summed E-state index contributed by atoms with van der Waals surface area (Å²) < 4.78 is 35.2. The maximum atomic E-state index is 13.3. The van der Waals surface area contributed by atoms with Gasteiger partial charge in [-0.25, -0.2) is 9.59 Å². The first-order chi connectivity index (χ1) is 25.0. The highest BCUT2D eigenvalue weighted by Gasteiger charge is 2.49. The van der Waals surface area contributed by atoms with E-state index in [1.54, 1.807) is 48.5 Å². The van der Waals surface area contributed by atoms with Gasteiger partial charge in [-0.2, -0.15) is 0 Å². The molecule has 0 unspecified atom stereocenters. The molecule has 0 bridgehead atoms. The van der Waals surface area contributed by atoms with Gasteiger partial charge in [-0.05, 0) is 99.2 Å². The fraction of sp³-hybridized carbons (Fsp3) is 0.861. The molecule has 308 valence electrons. The van der Waals surface area contributed by atoms with Gasteiger partial charge in [0.1, 0.15) is 41.4 Å². The number of aliphatic hydroxyl groups is 3. The van der Waals surface area contributed by atoms with E-state index in [2.05, 4.69) is 21.3 Å². The van der Waals surface area contributed by atoms with E-state index in [0.29, 0.717) is 31.7 Å². The molecule has 0 aromatic heterocycles. The molecule has 2 aliphatic rings. The van der Waals surface area contributed by atoms with Gasteiger partial charge in [0.25, 0.3) is 0 Å². The summed E-state index contributed by atoms with van der Waals surface area (Å²) in [7, 11) is 0. The Kier molecular flexibility index (Phi) is 20.3. The third kappa shape index (κ3) is 18.4. The summed E-state index contributed by atoms with van der Waals surface area (Å²) in [6.07, 6.45) is -2.87. The number of nitrogens with one attached hydrogen (secondary N) is 4. The summed E-state index contributed by atoms with van der Waals surface area (Å²) in [5.74, 6) is 0.268. The van der Waals surface area contributed by atoms with Gasteiger partial charge in [-0.3, -0.25) is 4.79 Å². The zero-order valence-corrected chi connectivity index (χ0v) is 32.7. The van der Waals surface area contributed by atoms with Crippen molar-refractivity contribution in [2.24, 2.45) is 5.73 Å². The Morgan fingerprint density at radius 1 is 0.981 bits per heavy atom. The molecule has 1 heterocycles. The molecule has 3 amide bonds. The lowest BCUT2D eigenvalue weighted by molar-refractivity contribution is -0.270. The number of carbonyl (C=O) groups excluding carboxylic acids is 3. The molecule has 17 heteroatoms. The summed E-state index contributed by atoms with van der Waals surface area (Å²) in [6.45, 7) is 13.7. The Balaban J connectivity index is 2.31. The molecule has 0 aromatic rings. The minimum atomic E-state index is -1.49. The van der Waals surface area contributed by atoms with Crippen LogP contribution < -0.4 is 27.0 Å². The highest BCUT2D eigenvalue weighted by molar-refractivity contribution is 5.76. The first-order valence-electron chi connectivity index (χ1n) is 18.9. The Morgan fingerprint density at radius 3 is 2.30 bits per heavy atom. The molecule has 0 saturated heterocycles. The van der Waals surface area contributed by atoms with Crippen molar-refractivity contribution in [1.82, 2.24) is 21.3 Å². The van der Waals surface area contributed by atoms with Crippen LogP contribution in [-0.4, -0.2) is 133 Å². The molecule has 9 N–H and O–H groups in total. The second kappa shape index (κ2) is 23.2. The first-order valence-corrected chi connectivity index (χ1v) is 18.9. The maximum absolute atomic E-state index is 13.3. The van der Waals surface area contributed by atoms with Crippen LogP contribution in [0.2, 0.25) is 0 Å². The zero-order chi connectivity index (χ0) is 39.6. The smallest absolute Gasteiger partial charge is 0.407 e. The SMILES string of the molecule is CC[C@@H](O)[C@H](OCCO)O[C@@H]1[C@@H](O)[C@H](O[C@@H]2CCC=C(CNCCCCN)O2)[C@@H](NC(=O)OC(C)(C)C)C[C@H]1NC(=O)CCCNC(=O)OC(C)(C)C. The molecule has 1 aliphatic heterocycles.